The van der Waals surface area contributed by atoms with E-state index in [1.165, 1.54) is 0 Å². The number of nitrogens with one attached hydrogen (secondary N) is 1. The third-order valence-corrected chi connectivity index (χ3v) is 5.73. The number of furan rings is 1. The SMILES string of the molecule is O=C1C[C@@H]2CC[C@H](CN1)N2C(=O)C1CCN(Cc2ccco2)CC1. The largest absolute Gasteiger partial charge is 0.468 e. The first-order chi connectivity index (χ1) is 11.7. The summed E-state index contributed by atoms with van der Waals surface area (Å²) in [6.45, 7) is 3.30. The fourth-order valence-electron chi connectivity index (χ4n) is 4.41. The fraction of sp³-hybridized carbons (Fsp3) is 0.667. The van der Waals surface area contributed by atoms with E-state index >= 15 is 0 Å². The summed E-state index contributed by atoms with van der Waals surface area (Å²) in [4.78, 5) is 29.2. The van der Waals surface area contributed by atoms with E-state index in [4.69, 9.17) is 4.42 Å². The van der Waals surface area contributed by atoms with Crippen molar-refractivity contribution in [1.82, 2.24) is 15.1 Å². The molecule has 4 rings (SSSR count). The number of carbonyl (C=O) groups excluding carboxylic acids is 2. The first-order valence-electron chi connectivity index (χ1n) is 9.04. The molecular weight excluding hydrogens is 306 g/mol. The van der Waals surface area contributed by atoms with Crippen LogP contribution in [0.25, 0.3) is 0 Å². The summed E-state index contributed by atoms with van der Waals surface area (Å²) in [5.41, 5.74) is 0. The Morgan fingerprint density at radius 2 is 2.00 bits per heavy atom. The van der Waals surface area contributed by atoms with E-state index in [0.717, 1.165) is 51.1 Å². The Balaban J connectivity index is 1.35. The van der Waals surface area contributed by atoms with E-state index in [2.05, 4.69) is 10.2 Å². The van der Waals surface area contributed by atoms with Crippen molar-refractivity contribution in [1.29, 1.82) is 0 Å². The van der Waals surface area contributed by atoms with Crippen LogP contribution in [0.15, 0.2) is 22.8 Å². The number of hydrogen-bond acceptors (Lipinski definition) is 4. The van der Waals surface area contributed by atoms with Gasteiger partial charge in [-0.25, -0.2) is 0 Å². The minimum absolute atomic E-state index is 0.0910. The van der Waals surface area contributed by atoms with Gasteiger partial charge in [0.1, 0.15) is 5.76 Å². The lowest BCUT2D eigenvalue weighted by Gasteiger charge is -2.36. The lowest BCUT2D eigenvalue weighted by atomic mass is 9.94. The van der Waals surface area contributed by atoms with Gasteiger partial charge in [0.25, 0.3) is 0 Å². The summed E-state index contributed by atoms with van der Waals surface area (Å²) in [6, 6.07) is 4.23. The molecule has 3 aliphatic heterocycles. The van der Waals surface area contributed by atoms with Gasteiger partial charge in [0.05, 0.1) is 12.8 Å². The Kier molecular flexibility index (Phi) is 4.31. The summed E-state index contributed by atoms with van der Waals surface area (Å²) < 4.78 is 5.41. The molecule has 2 atom stereocenters. The van der Waals surface area contributed by atoms with E-state index in [-0.39, 0.29) is 29.8 Å². The molecule has 1 aromatic rings. The maximum Gasteiger partial charge on any atom is 0.226 e. The molecule has 2 amide bonds. The lowest BCUT2D eigenvalue weighted by Crippen LogP contribution is -2.48. The first kappa shape index (κ1) is 15.7. The summed E-state index contributed by atoms with van der Waals surface area (Å²) in [7, 11) is 0. The van der Waals surface area contributed by atoms with Gasteiger partial charge >= 0.3 is 0 Å². The van der Waals surface area contributed by atoms with Gasteiger partial charge in [-0.1, -0.05) is 0 Å². The van der Waals surface area contributed by atoms with Crippen LogP contribution in [0.4, 0.5) is 0 Å². The minimum Gasteiger partial charge on any atom is -0.468 e. The number of fused-ring (bicyclic) bond motifs is 2. The van der Waals surface area contributed by atoms with Crippen LogP contribution < -0.4 is 5.32 Å². The first-order valence-corrected chi connectivity index (χ1v) is 9.04. The second-order valence-electron chi connectivity index (χ2n) is 7.27. The Hall–Kier alpha value is -1.82. The van der Waals surface area contributed by atoms with Crippen molar-refractivity contribution in [3.8, 4) is 0 Å². The molecule has 6 nitrogen and oxygen atoms in total. The molecule has 3 saturated heterocycles. The van der Waals surface area contributed by atoms with Crippen LogP contribution in [-0.2, 0) is 16.1 Å². The molecule has 3 aliphatic rings. The van der Waals surface area contributed by atoms with Gasteiger partial charge in [0, 0.05) is 31.0 Å². The van der Waals surface area contributed by atoms with Crippen molar-refractivity contribution in [3.63, 3.8) is 0 Å². The summed E-state index contributed by atoms with van der Waals surface area (Å²) >= 11 is 0. The van der Waals surface area contributed by atoms with E-state index in [0.29, 0.717) is 13.0 Å². The van der Waals surface area contributed by atoms with Crippen LogP contribution in [0, 0.1) is 5.92 Å². The third-order valence-electron chi connectivity index (χ3n) is 5.73. The Labute approximate surface area is 142 Å². The maximum absolute atomic E-state index is 13.0. The molecule has 0 saturated carbocycles. The zero-order valence-corrected chi connectivity index (χ0v) is 13.9. The Bertz CT molecular complexity index is 593. The van der Waals surface area contributed by atoms with Gasteiger partial charge in [0.2, 0.25) is 11.8 Å². The monoisotopic (exact) mass is 331 g/mol. The molecule has 3 fully saturated rings. The number of likely N-dealkylation sites (tertiary alicyclic amines) is 1. The lowest BCUT2D eigenvalue weighted by molar-refractivity contribution is -0.139. The number of amides is 2. The zero-order valence-electron chi connectivity index (χ0n) is 13.9. The van der Waals surface area contributed by atoms with Gasteiger partial charge in [0.15, 0.2) is 0 Å². The number of carbonyl (C=O) groups is 2. The molecule has 0 radical (unpaired) electrons. The Morgan fingerprint density at radius 1 is 1.21 bits per heavy atom. The summed E-state index contributed by atoms with van der Waals surface area (Å²) in [6.07, 6.45) is 5.97. The highest BCUT2D eigenvalue weighted by atomic mass is 16.3. The fourth-order valence-corrected chi connectivity index (χ4v) is 4.41. The van der Waals surface area contributed by atoms with Crippen LogP contribution in [0.5, 0.6) is 0 Å². The second kappa shape index (κ2) is 6.59. The third kappa shape index (κ3) is 3.07. The molecule has 24 heavy (non-hydrogen) atoms. The van der Waals surface area contributed by atoms with E-state index < -0.39 is 0 Å². The van der Waals surface area contributed by atoms with Crippen LogP contribution in [0.1, 0.15) is 37.9 Å². The van der Waals surface area contributed by atoms with Crippen LogP contribution in [0.2, 0.25) is 0 Å². The quantitative estimate of drug-likeness (QED) is 0.908. The number of nitrogens with zero attached hydrogens (tertiary/aromatic N) is 2. The predicted molar refractivity (Wildman–Crippen MR) is 88.0 cm³/mol. The molecule has 0 aromatic carbocycles. The Morgan fingerprint density at radius 3 is 2.75 bits per heavy atom. The standard InChI is InChI=1S/C18H25N3O3/c22-17-10-14-3-4-15(11-19-17)21(14)18(23)13-5-7-20(8-6-13)12-16-2-1-9-24-16/h1-2,9,13-15H,3-8,10-12H2,(H,19,22)/t14-,15+/m0/s1. The summed E-state index contributed by atoms with van der Waals surface area (Å²) in [5.74, 6) is 1.45. The molecule has 1 N–H and O–H groups in total. The highest BCUT2D eigenvalue weighted by molar-refractivity contribution is 5.83. The predicted octanol–water partition coefficient (Wildman–Crippen LogP) is 1.37. The van der Waals surface area contributed by atoms with E-state index in [1.807, 2.05) is 17.0 Å². The van der Waals surface area contributed by atoms with Gasteiger partial charge in [-0.15, -0.1) is 0 Å². The molecule has 0 aliphatic carbocycles. The number of rotatable bonds is 3. The molecule has 1 aromatic heterocycles. The molecule has 0 spiro atoms. The van der Waals surface area contributed by atoms with Crippen molar-refractivity contribution in [2.45, 2.75) is 50.7 Å². The molecule has 0 unspecified atom stereocenters. The zero-order chi connectivity index (χ0) is 16.5. The van der Waals surface area contributed by atoms with Gasteiger partial charge < -0.3 is 14.6 Å². The average Bonchev–Trinajstić information content (AvgIpc) is 3.18. The van der Waals surface area contributed by atoms with E-state index in [9.17, 15) is 9.59 Å². The van der Waals surface area contributed by atoms with Gasteiger partial charge in [-0.2, -0.15) is 0 Å². The van der Waals surface area contributed by atoms with Crippen molar-refractivity contribution in [2.75, 3.05) is 19.6 Å². The molecule has 2 bridgehead atoms. The number of hydrogen-bond donors (Lipinski definition) is 1. The smallest absolute Gasteiger partial charge is 0.226 e. The number of piperidine rings is 1. The van der Waals surface area contributed by atoms with Crippen molar-refractivity contribution >= 4 is 11.8 Å². The normalized spacial score (nSPS) is 28.7. The highest BCUT2D eigenvalue weighted by Crippen LogP contribution is 2.32. The van der Waals surface area contributed by atoms with Gasteiger partial charge in [-0.3, -0.25) is 14.5 Å². The van der Waals surface area contributed by atoms with Crippen LogP contribution >= 0.6 is 0 Å². The van der Waals surface area contributed by atoms with Crippen molar-refractivity contribution < 1.29 is 14.0 Å². The summed E-state index contributed by atoms with van der Waals surface area (Å²) in [5, 5.41) is 2.94. The average molecular weight is 331 g/mol. The molecule has 4 heterocycles. The topological polar surface area (TPSA) is 65.8 Å². The van der Waals surface area contributed by atoms with Crippen molar-refractivity contribution in [3.05, 3.63) is 24.2 Å². The van der Waals surface area contributed by atoms with E-state index in [1.54, 1.807) is 6.26 Å². The maximum atomic E-state index is 13.0. The molecule has 6 heteroatoms. The van der Waals surface area contributed by atoms with Crippen LogP contribution in [0.3, 0.4) is 0 Å². The molecule has 130 valence electrons. The highest BCUT2D eigenvalue weighted by Gasteiger charge is 2.42. The van der Waals surface area contributed by atoms with Crippen molar-refractivity contribution in [2.24, 2.45) is 5.92 Å². The van der Waals surface area contributed by atoms with Crippen LogP contribution in [-0.4, -0.2) is 53.3 Å². The molecular formula is C18H25N3O3. The van der Waals surface area contributed by atoms with Gasteiger partial charge in [-0.05, 0) is 50.9 Å². The second-order valence-corrected chi connectivity index (χ2v) is 7.27. The minimum atomic E-state index is 0.0910.